The molecule has 0 aliphatic carbocycles. The van der Waals surface area contributed by atoms with Gasteiger partial charge in [-0.05, 0) is 27.2 Å². The summed E-state index contributed by atoms with van der Waals surface area (Å²) in [6, 6.07) is 0. The molecule has 1 amide bonds. The van der Waals surface area contributed by atoms with Crippen LogP contribution in [-0.4, -0.2) is 22.5 Å². The number of allylic oxidation sites excluding steroid dienone is 1. The third kappa shape index (κ3) is 2.69. The Morgan fingerprint density at radius 1 is 1.36 bits per heavy atom. The van der Waals surface area contributed by atoms with Crippen LogP contribution in [0, 0.1) is 0 Å². The molecule has 78 valence electrons. The number of piperidine rings is 1. The molecule has 4 nitrogen and oxygen atoms in total. The maximum atomic E-state index is 11.4. The van der Waals surface area contributed by atoms with Crippen LogP contribution in [-0.2, 0) is 14.4 Å². The molecule has 1 aliphatic heterocycles. The maximum absolute atomic E-state index is 11.4. The third-order valence-corrected chi connectivity index (χ3v) is 1.76. The van der Waals surface area contributed by atoms with Crippen molar-refractivity contribution in [1.29, 1.82) is 0 Å². The number of hydrogen-bond acceptors (Lipinski definition) is 3. The van der Waals surface area contributed by atoms with Gasteiger partial charge >= 0.3 is 0 Å². The molecule has 1 saturated heterocycles. The van der Waals surface area contributed by atoms with Crippen LogP contribution in [0.25, 0.3) is 0 Å². The SMILES string of the molecule is CC(C)(C)ON1C(=O)CCCC1=C=O. The predicted octanol–water partition coefficient (Wildman–Crippen LogP) is 1.44. The smallest absolute Gasteiger partial charge is 0.251 e. The van der Waals surface area contributed by atoms with Crippen molar-refractivity contribution >= 4 is 11.8 Å². The number of amides is 1. The van der Waals surface area contributed by atoms with Crippen molar-refractivity contribution in [3.05, 3.63) is 5.70 Å². The summed E-state index contributed by atoms with van der Waals surface area (Å²) < 4.78 is 0. The molecule has 0 aromatic carbocycles. The maximum Gasteiger partial charge on any atom is 0.251 e. The Balaban J connectivity index is 2.80. The highest BCUT2D eigenvalue weighted by Crippen LogP contribution is 2.23. The van der Waals surface area contributed by atoms with Crippen LogP contribution in [0.5, 0.6) is 0 Å². The van der Waals surface area contributed by atoms with E-state index in [1.54, 1.807) is 5.94 Å². The average molecular weight is 197 g/mol. The summed E-state index contributed by atoms with van der Waals surface area (Å²) in [7, 11) is 0. The first kappa shape index (κ1) is 11.0. The van der Waals surface area contributed by atoms with Crippen LogP contribution < -0.4 is 0 Å². The van der Waals surface area contributed by atoms with Crippen molar-refractivity contribution in [2.45, 2.75) is 45.6 Å². The van der Waals surface area contributed by atoms with Crippen LogP contribution in [0.4, 0.5) is 0 Å². The summed E-state index contributed by atoms with van der Waals surface area (Å²) in [4.78, 5) is 27.4. The minimum absolute atomic E-state index is 0.162. The number of carbonyl (C=O) groups is 1. The fourth-order valence-electron chi connectivity index (χ4n) is 1.23. The second-order valence-corrected chi connectivity index (χ2v) is 4.29. The van der Waals surface area contributed by atoms with Crippen molar-refractivity contribution in [3.63, 3.8) is 0 Å². The van der Waals surface area contributed by atoms with Gasteiger partial charge < -0.3 is 0 Å². The molecular formula is C10H15NO3. The molecule has 1 aliphatic rings. The number of nitrogens with zero attached hydrogens (tertiary/aromatic N) is 1. The van der Waals surface area contributed by atoms with E-state index in [0.29, 0.717) is 25.0 Å². The van der Waals surface area contributed by atoms with Crippen LogP contribution in [0.1, 0.15) is 40.0 Å². The van der Waals surface area contributed by atoms with Gasteiger partial charge in [0, 0.05) is 12.8 Å². The molecule has 0 aromatic rings. The van der Waals surface area contributed by atoms with Crippen molar-refractivity contribution < 1.29 is 14.4 Å². The summed E-state index contributed by atoms with van der Waals surface area (Å²) in [6.45, 7) is 5.49. The van der Waals surface area contributed by atoms with E-state index in [-0.39, 0.29) is 5.91 Å². The monoisotopic (exact) mass is 197 g/mol. The number of hydroxylamine groups is 2. The second kappa shape index (κ2) is 3.95. The lowest BCUT2D eigenvalue weighted by atomic mass is 10.1. The van der Waals surface area contributed by atoms with Crippen LogP contribution in [0.3, 0.4) is 0 Å². The largest absolute Gasteiger partial charge is 0.272 e. The van der Waals surface area contributed by atoms with Gasteiger partial charge in [0.2, 0.25) is 0 Å². The van der Waals surface area contributed by atoms with Crippen LogP contribution in [0.2, 0.25) is 0 Å². The van der Waals surface area contributed by atoms with Crippen molar-refractivity contribution in [3.8, 4) is 0 Å². The molecule has 0 unspecified atom stereocenters. The van der Waals surface area contributed by atoms with Gasteiger partial charge in [-0.25, -0.2) is 4.79 Å². The lowest BCUT2D eigenvalue weighted by Crippen LogP contribution is -2.40. The van der Waals surface area contributed by atoms with Crippen LogP contribution in [0.15, 0.2) is 5.70 Å². The van der Waals surface area contributed by atoms with E-state index in [9.17, 15) is 9.59 Å². The molecule has 0 aromatic heterocycles. The van der Waals surface area contributed by atoms with E-state index in [1.807, 2.05) is 20.8 Å². The Bertz CT molecular complexity index is 284. The molecule has 0 radical (unpaired) electrons. The highest BCUT2D eigenvalue weighted by molar-refractivity contribution is 5.80. The van der Waals surface area contributed by atoms with E-state index in [4.69, 9.17) is 4.84 Å². The summed E-state index contributed by atoms with van der Waals surface area (Å²) in [5, 5.41) is 1.09. The number of rotatable bonds is 1. The van der Waals surface area contributed by atoms with Crippen molar-refractivity contribution in [1.82, 2.24) is 5.06 Å². The Kier molecular flexibility index (Phi) is 3.09. The molecule has 4 heteroatoms. The summed E-state index contributed by atoms with van der Waals surface area (Å²) in [5.41, 5.74) is -0.175. The molecular weight excluding hydrogens is 182 g/mol. The molecule has 14 heavy (non-hydrogen) atoms. The molecule has 0 bridgehead atoms. The van der Waals surface area contributed by atoms with E-state index < -0.39 is 5.60 Å². The lowest BCUT2D eigenvalue weighted by Gasteiger charge is -2.32. The standard InChI is InChI=1S/C10H15NO3/c1-10(2,3)14-11-8(7-12)5-4-6-9(11)13/h4-6H2,1-3H3. The van der Waals surface area contributed by atoms with Gasteiger partial charge in [0.1, 0.15) is 11.6 Å². The first-order valence-corrected chi connectivity index (χ1v) is 4.70. The first-order chi connectivity index (χ1) is 6.44. The molecule has 0 N–H and O–H groups in total. The highest BCUT2D eigenvalue weighted by Gasteiger charge is 2.29. The van der Waals surface area contributed by atoms with Gasteiger partial charge in [0.05, 0.1) is 5.60 Å². The van der Waals surface area contributed by atoms with Gasteiger partial charge in [-0.1, -0.05) is 0 Å². The fourth-order valence-corrected chi connectivity index (χ4v) is 1.23. The van der Waals surface area contributed by atoms with E-state index in [2.05, 4.69) is 0 Å². The van der Waals surface area contributed by atoms with Gasteiger partial charge in [0.15, 0.2) is 0 Å². The van der Waals surface area contributed by atoms with Crippen molar-refractivity contribution in [2.75, 3.05) is 0 Å². The average Bonchev–Trinajstić information content (AvgIpc) is 2.06. The minimum Gasteiger partial charge on any atom is -0.272 e. The number of carbonyl (C=O) groups excluding carboxylic acids is 2. The molecule has 1 rings (SSSR count). The third-order valence-electron chi connectivity index (χ3n) is 1.76. The van der Waals surface area contributed by atoms with Gasteiger partial charge in [-0.2, -0.15) is 5.06 Å². The van der Waals surface area contributed by atoms with Crippen molar-refractivity contribution in [2.24, 2.45) is 0 Å². The Labute approximate surface area is 83.5 Å². The van der Waals surface area contributed by atoms with Crippen LogP contribution >= 0.6 is 0 Å². The molecule has 0 saturated carbocycles. The normalized spacial score (nSPS) is 18.4. The second-order valence-electron chi connectivity index (χ2n) is 4.29. The summed E-state index contributed by atoms with van der Waals surface area (Å²) >= 11 is 0. The fraction of sp³-hybridized carbons (Fsp3) is 0.700. The first-order valence-electron chi connectivity index (χ1n) is 4.70. The zero-order valence-electron chi connectivity index (χ0n) is 8.79. The molecule has 0 spiro atoms. The zero-order chi connectivity index (χ0) is 10.8. The Morgan fingerprint density at radius 2 is 2.00 bits per heavy atom. The topological polar surface area (TPSA) is 46.6 Å². The molecule has 0 atom stereocenters. The minimum atomic E-state index is -0.477. The summed E-state index contributed by atoms with van der Waals surface area (Å²) in [5.74, 6) is 1.59. The number of hydrogen-bond donors (Lipinski definition) is 0. The Hall–Kier alpha value is -1.12. The Morgan fingerprint density at radius 3 is 2.50 bits per heavy atom. The van der Waals surface area contributed by atoms with Gasteiger partial charge in [-0.3, -0.25) is 9.63 Å². The summed E-state index contributed by atoms with van der Waals surface area (Å²) in [6.07, 6.45) is 1.69. The van der Waals surface area contributed by atoms with E-state index >= 15 is 0 Å². The van der Waals surface area contributed by atoms with E-state index in [1.165, 1.54) is 0 Å². The van der Waals surface area contributed by atoms with Gasteiger partial charge in [-0.15, -0.1) is 0 Å². The lowest BCUT2D eigenvalue weighted by molar-refractivity contribution is -0.215. The molecule has 1 fully saturated rings. The highest BCUT2D eigenvalue weighted by atomic mass is 16.7. The predicted molar refractivity (Wildman–Crippen MR) is 50.7 cm³/mol. The zero-order valence-corrected chi connectivity index (χ0v) is 8.79. The van der Waals surface area contributed by atoms with E-state index in [0.717, 1.165) is 5.06 Å². The molecule has 1 heterocycles. The quantitative estimate of drug-likeness (QED) is 0.597. The van der Waals surface area contributed by atoms with Gasteiger partial charge in [0.25, 0.3) is 5.91 Å².